The number of ether oxygens (including phenoxy) is 1. The number of halogens is 3. The average molecular weight is 235 g/mol. The van der Waals surface area contributed by atoms with E-state index in [1.807, 2.05) is 19.6 Å². The number of hydrogen-bond donors (Lipinski definition) is 0. The molecule has 84 valence electrons. The zero-order valence-corrected chi connectivity index (χ0v) is 9.72. The van der Waals surface area contributed by atoms with Gasteiger partial charge >= 0.3 is 6.36 Å². The molecule has 0 aromatic carbocycles. The van der Waals surface area contributed by atoms with Gasteiger partial charge in [0.05, 0.1) is 5.32 Å². The Labute approximate surface area is 87.1 Å². The molecule has 0 saturated heterocycles. The summed E-state index contributed by atoms with van der Waals surface area (Å²) in [6, 6.07) is 2.73. The summed E-state index contributed by atoms with van der Waals surface area (Å²) < 4.78 is 40.2. The van der Waals surface area contributed by atoms with Crippen LogP contribution in [0.25, 0.3) is 0 Å². The molecule has 0 aliphatic carbocycles. The minimum atomic E-state index is -4.66. The Kier molecular flexibility index (Phi) is 3.08. The molecule has 0 aliphatic heterocycles. The second kappa shape index (κ2) is 3.84. The van der Waals surface area contributed by atoms with Crippen molar-refractivity contribution in [2.75, 3.05) is 0 Å². The van der Waals surface area contributed by atoms with Crippen LogP contribution in [-0.2, 0) is 0 Å². The van der Waals surface area contributed by atoms with Gasteiger partial charge in [-0.25, -0.2) is 0 Å². The highest BCUT2D eigenvalue weighted by Gasteiger charge is 2.34. The number of pyridine rings is 1. The van der Waals surface area contributed by atoms with Crippen molar-refractivity contribution in [3.05, 3.63) is 18.3 Å². The Morgan fingerprint density at radius 1 is 1.27 bits per heavy atom. The molecule has 0 amide bonds. The molecule has 2 nitrogen and oxygen atoms in total. The Morgan fingerprint density at radius 3 is 2.33 bits per heavy atom. The van der Waals surface area contributed by atoms with Gasteiger partial charge in [-0.2, -0.15) is 0 Å². The van der Waals surface area contributed by atoms with Crippen LogP contribution in [0.4, 0.5) is 13.2 Å². The number of hydrogen-bond acceptors (Lipinski definition) is 2. The molecule has 1 aromatic heterocycles. The molecule has 0 N–H and O–H groups in total. The minimum absolute atomic E-state index is 0.177. The average Bonchev–Trinajstić information content (AvgIpc) is 1.99. The fourth-order valence-electron chi connectivity index (χ4n) is 1.16. The van der Waals surface area contributed by atoms with E-state index in [4.69, 9.17) is 0 Å². The van der Waals surface area contributed by atoms with Crippen molar-refractivity contribution in [1.82, 2.24) is 4.98 Å². The fourth-order valence-corrected chi connectivity index (χ4v) is 2.50. The van der Waals surface area contributed by atoms with Crippen molar-refractivity contribution >= 4 is 13.4 Å². The smallest absolute Gasteiger partial charge is 0.404 e. The minimum Gasteiger partial charge on any atom is -0.404 e. The van der Waals surface area contributed by atoms with Crippen LogP contribution in [0.1, 0.15) is 0 Å². The van der Waals surface area contributed by atoms with E-state index in [1.54, 1.807) is 0 Å². The summed E-state index contributed by atoms with van der Waals surface area (Å²) in [7, 11) is -1.91. The molecule has 1 aromatic rings. The van der Waals surface area contributed by atoms with Gasteiger partial charge in [0.25, 0.3) is 0 Å². The van der Waals surface area contributed by atoms with E-state index in [1.165, 1.54) is 18.3 Å². The number of nitrogens with zero attached hydrogens (tertiary/aromatic N) is 1. The first-order valence-electron chi connectivity index (χ1n) is 4.41. The van der Waals surface area contributed by atoms with E-state index in [0.29, 0.717) is 5.32 Å². The van der Waals surface area contributed by atoms with Crippen molar-refractivity contribution < 1.29 is 17.9 Å². The standard InChI is InChI=1S/C9H12F3NOSi/c1-15(2,3)8-7(5-4-6-13-8)14-9(10,11)12/h4-6H,1-3H3. The summed E-state index contributed by atoms with van der Waals surface area (Å²) in [4.78, 5) is 3.97. The summed E-state index contributed by atoms with van der Waals surface area (Å²) in [6.45, 7) is 5.75. The zero-order chi connectivity index (χ0) is 11.7. The monoisotopic (exact) mass is 235 g/mol. The third-order valence-electron chi connectivity index (χ3n) is 1.71. The summed E-state index contributed by atoms with van der Waals surface area (Å²) in [5.41, 5.74) is 0. The van der Waals surface area contributed by atoms with Crippen LogP contribution in [0.15, 0.2) is 18.3 Å². The maximum atomic E-state index is 12.1. The van der Waals surface area contributed by atoms with Crippen LogP contribution in [0.3, 0.4) is 0 Å². The topological polar surface area (TPSA) is 22.1 Å². The lowest BCUT2D eigenvalue weighted by atomic mass is 10.5. The first-order chi connectivity index (χ1) is 6.70. The van der Waals surface area contributed by atoms with Crippen LogP contribution in [-0.4, -0.2) is 19.4 Å². The van der Waals surface area contributed by atoms with E-state index < -0.39 is 14.4 Å². The lowest BCUT2D eigenvalue weighted by Crippen LogP contribution is -2.42. The molecule has 0 spiro atoms. The normalized spacial score (nSPS) is 12.7. The molecule has 1 rings (SSSR count). The third kappa shape index (κ3) is 3.54. The highest BCUT2D eigenvalue weighted by molar-refractivity contribution is 6.88. The van der Waals surface area contributed by atoms with Gasteiger partial charge in [-0.3, -0.25) is 4.98 Å². The maximum Gasteiger partial charge on any atom is 0.573 e. The van der Waals surface area contributed by atoms with Crippen molar-refractivity contribution in [2.45, 2.75) is 26.0 Å². The summed E-state index contributed by atoms with van der Waals surface area (Å²) in [5, 5.41) is 0.433. The van der Waals surface area contributed by atoms with Crippen LogP contribution in [0, 0.1) is 0 Å². The fraction of sp³-hybridized carbons (Fsp3) is 0.444. The molecule has 0 saturated carbocycles. The number of rotatable bonds is 2. The van der Waals surface area contributed by atoms with Gasteiger partial charge in [-0.1, -0.05) is 19.6 Å². The van der Waals surface area contributed by atoms with Gasteiger partial charge in [0.15, 0.2) is 0 Å². The lowest BCUT2D eigenvalue weighted by Gasteiger charge is -2.19. The van der Waals surface area contributed by atoms with Gasteiger partial charge in [-0.05, 0) is 12.1 Å². The van der Waals surface area contributed by atoms with Gasteiger partial charge < -0.3 is 4.74 Å². The van der Waals surface area contributed by atoms with E-state index >= 15 is 0 Å². The van der Waals surface area contributed by atoms with Crippen LogP contribution < -0.4 is 10.1 Å². The third-order valence-corrected chi connectivity index (χ3v) is 3.50. The molecule has 0 bridgehead atoms. The Morgan fingerprint density at radius 2 is 1.87 bits per heavy atom. The van der Waals surface area contributed by atoms with Gasteiger partial charge in [0, 0.05) is 6.20 Å². The second-order valence-electron chi connectivity index (χ2n) is 4.15. The molecule has 0 fully saturated rings. The van der Waals surface area contributed by atoms with Crippen molar-refractivity contribution in [3.8, 4) is 5.75 Å². The molecule has 15 heavy (non-hydrogen) atoms. The summed E-state index contributed by atoms with van der Waals surface area (Å²) in [5.74, 6) is -0.177. The number of alkyl halides is 3. The molecule has 0 aliphatic rings. The first-order valence-corrected chi connectivity index (χ1v) is 7.91. The van der Waals surface area contributed by atoms with Crippen molar-refractivity contribution in [2.24, 2.45) is 0 Å². The number of aromatic nitrogens is 1. The molecule has 1 heterocycles. The van der Waals surface area contributed by atoms with Gasteiger partial charge in [0.2, 0.25) is 0 Å². The van der Waals surface area contributed by atoms with E-state index in [9.17, 15) is 13.2 Å². The predicted octanol–water partition coefficient (Wildman–Crippen LogP) is 2.53. The molecule has 0 radical (unpaired) electrons. The van der Waals surface area contributed by atoms with Gasteiger partial charge in [-0.15, -0.1) is 13.2 Å². The molecule has 6 heteroatoms. The molecular formula is C9H12F3NOSi. The largest absolute Gasteiger partial charge is 0.573 e. The van der Waals surface area contributed by atoms with Crippen LogP contribution in [0.2, 0.25) is 19.6 Å². The maximum absolute atomic E-state index is 12.1. The lowest BCUT2D eigenvalue weighted by molar-refractivity contribution is -0.274. The van der Waals surface area contributed by atoms with E-state index in [0.717, 1.165) is 0 Å². The second-order valence-corrected chi connectivity index (χ2v) is 9.12. The quantitative estimate of drug-likeness (QED) is 0.735. The Balaban J connectivity index is 3.08. The molecule has 0 unspecified atom stereocenters. The van der Waals surface area contributed by atoms with Crippen molar-refractivity contribution in [1.29, 1.82) is 0 Å². The highest BCUT2D eigenvalue weighted by Crippen LogP contribution is 2.22. The van der Waals surface area contributed by atoms with E-state index in [-0.39, 0.29) is 5.75 Å². The summed E-state index contributed by atoms with van der Waals surface area (Å²) in [6.07, 6.45) is -3.17. The Bertz CT molecular complexity index is 346. The SMILES string of the molecule is C[Si](C)(C)c1ncccc1OC(F)(F)F. The Hall–Kier alpha value is -1.04. The van der Waals surface area contributed by atoms with Crippen LogP contribution >= 0.6 is 0 Å². The van der Waals surface area contributed by atoms with Crippen molar-refractivity contribution in [3.63, 3.8) is 0 Å². The zero-order valence-electron chi connectivity index (χ0n) is 8.72. The highest BCUT2D eigenvalue weighted by atomic mass is 28.3. The first kappa shape index (κ1) is 12.0. The summed E-state index contributed by atoms with van der Waals surface area (Å²) >= 11 is 0. The van der Waals surface area contributed by atoms with Gasteiger partial charge in [0.1, 0.15) is 13.8 Å². The molecular weight excluding hydrogens is 223 g/mol. The molecule has 0 atom stereocenters. The van der Waals surface area contributed by atoms with Crippen LogP contribution in [0.5, 0.6) is 5.75 Å². The van der Waals surface area contributed by atoms with E-state index in [2.05, 4.69) is 9.72 Å². The predicted molar refractivity (Wildman–Crippen MR) is 53.9 cm³/mol.